The Morgan fingerprint density at radius 2 is 2.19 bits per heavy atom. The third-order valence-electron chi connectivity index (χ3n) is 4.71. The summed E-state index contributed by atoms with van der Waals surface area (Å²) in [5, 5.41) is 5.85. The van der Waals surface area contributed by atoms with Crippen molar-refractivity contribution in [3.63, 3.8) is 0 Å². The van der Waals surface area contributed by atoms with Crippen molar-refractivity contribution in [3.8, 4) is 11.3 Å². The lowest BCUT2D eigenvalue weighted by molar-refractivity contribution is 0.562. The van der Waals surface area contributed by atoms with E-state index in [0.29, 0.717) is 30.9 Å². The maximum atomic E-state index is 12.6. The number of H-pyrrole nitrogens is 1. The lowest BCUT2D eigenvalue weighted by Gasteiger charge is -2.22. The molecule has 8 nitrogen and oxygen atoms in total. The van der Waals surface area contributed by atoms with Crippen LogP contribution in [0.5, 0.6) is 0 Å². The zero-order chi connectivity index (χ0) is 18.9. The second kappa shape index (κ2) is 7.24. The van der Waals surface area contributed by atoms with E-state index in [1.165, 1.54) is 0 Å². The van der Waals surface area contributed by atoms with Gasteiger partial charge in [0, 0.05) is 18.0 Å². The first-order chi connectivity index (χ1) is 13.1. The minimum Gasteiger partial charge on any atom is -0.364 e. The summed E-state index contributed by atoms with van der Waals surface area (Å²) in [4.78, 5) is 16.5. The Kier molecular flexibility index (Phi) is 4.79. The van der Waals surface area contributed by atoms with Gasteiger partial charge in [0.2, 0.25) is 0 Å². The van der Waals surface area contributed by atoms with Crippen molar-refractivity contribution in [1.29, 1.82) is 0 Å². The molecule has 0 aromatic carbocycles. The number of sulfone groups is 1. The summed E-state index contributed by atoms with van der Waals surface area (Å²) in [7, 11) is -3.21. The topological polar surface area (TPSA) is 113 Å². The second-order valence-corrected chi connectivity index (χ2v) is 8.89. The lowest BCUT2D eigenvalue weighted by Crippen LogP contribution is -2.43. The molecular formula is C18H22N6O2S. The molecular weight excluding hydrogens is 364 g/mol. The molecule has 3 N–H and O–H groups in total. The van der Waals surface area contributed by atoms with E-state index in [2.05, 4.69) is 30.6 Å². The SMILES string of the molecule is CCCS(=O)(=O)C1NCCC1Nc1ncccc1-c1cnc2[nH]ccc2n1. The molecule has 4 rings (SSSR count). The van der Waals surface area contributed by atoms with Gasteiger partial charge in [-0.3, -0.25) is 5.32 Å². The van der Waals surface area contributed by atoms with E-state index in [4.69, 9.17) is 0 Å². The highest BCUT2D eigenvalue weighted by Gasteiger charge is 2.37. The van der Waals surface area contributed by atoms with E-state index in [-0.39, 0.29) is 11.8 Å². The summed E-state index contributed by atoms with van der Waals surface area (Å²) < 4.78 is 25.1. The fourth-order valence-corrected chi connectivity index (χ4v) is 5.37. The van der Waals surface area contributed by atoms with Gasteiger partial charge in [-0.1, -0.05) is 6.92 Å². The number of aromatic nitrogens is 4. The van der Waals surface area contributed by atoms with Gasteiger partial charge in [0.25, 0.3) is 0 Å². The van der Waals surface area contributed by atoms with E-state index in [1.807, 2.05) is 25.1 Å². The van der Waals surface area contributed by atoms with Crippen molar-refractivity contribution in [3.05, 3.63) is 36.8 Å². The Hall–Kier alpha value is -2.52. The van der Waals surface area contributed by atoms with Crippen LogP contribution in [0.15, 0.2) is 36.8 Å². The van der Waals surface area contributed by atoms with E-state index in [1.54, 1.807) is 18.6 Å². The summed E-state index contributed by atoms with van der Waals surface area (Å²) in [5.74, 6) is 0.792. The zero-order valence-electron chi connectivity index (χ0n) is 15.0. The summed E-state index contributed by atoms with van der Waals surface area (Å²) in [6, 6.07) is 5.38. The number of fused-ring (bicyclic) bond motifs is 1. The van der Waals surface area contributed by atoms with Crippen LogP contribution >= 0.6 is 0 Å². The predicted molar refractivity (Wildman–Crippen MR) is 105 cm³/mol. The van der Waals surface area contributed by atoms with E-state index < -0.39 is 15.2 Å². The van der Waals surface area contributed by atoms with Gasteiger partial charge in [-0.2, -0.15) is 0 Å². The molecule has 9 heteroatoms. The van der Waals surface area contributed by atoms with Gasteiger partial charge >= 0.3 is 0 Å². The Bertz CT molecular complexity index is 1050. The molecule has 1 aliphatic rings. The number of nitrogens with zero attached hydrogens (tertiary/aromatic N) is 3. The third-order valence-corrected chi connectivity index (χ3v) is 6.95. The molecule has 1 aliphatic heterocycles. The molecule has 27 heavy (non-hydrogen) atoms. The first-order valence-corrected chi connectivity index (χ1v) is 10.8. The molecule has 4 heterocycles. The fourth-order valence-electron chi connectivity index (χ4n) is 3.47. The zero-order valence-corrected chi connectivity index (χ0v) is 15.8. The Morgan fingerprint density at radius 1 is 1.30 bits per heavy atom. The van der Waals surface area contributed by atoms with Crippen LogP contribution in [0, 0.1) is 0 Å². The Labute approximate surface area is 157 Å². The summed E-state index contributed by atoms with van der Waals surface area (Å²) in [6.45, 7) is 2.53. The molecule has 2 unspecified atom stereocenters. The molecule has 3 aromatic rings. The predicted octanol–water partition coefficient (Wildman–Crippen LogP) is 1.94. The quantitative estimate of drug-likeness (QED) is 0.593. The number of hydrogen-bond acceptors (Lipinski definition) is 7. The number of hydrogen-bond donors (Lipinski definition) is 3. The van der Waals surface area contributed by atoms with Gasteiger partial charge in [0.15, 0.2) is 15.5 Å². The average molecular weight is 386 g/mol. The van der Waals surface area contributed by atoms with Crippen molar-refractivity contribution in [2.75, 3.05) is 17.6 Å². The van der Waals surface area contributed by atoms with Crippen LogP contribution < -0.4 is 10.6 Å². The standard InChI is InChI=1S/C18H22N6O2S/c1-2-10-27(25,26)18-14(6-9-21-18)24-16-12(4-3-7-19-16)15-11-22-17-13(23-15)5-8-20-17/h3-5,7-8,11,14,18,21H,2,6,9-10H2,1H3,(H,19,24)(H,20,22). The molecule has 0 spiro atoms. The van der Waals surface area contributed by atoms with Crippen molar-refractivity contribution in [1.82, 2.24) is 25.3 Å². The summed E-state index contributed by atoms with van der Waals surface area (Å²) in [5.41, 5.74) is 2.99. The van der Waals surface area contributed by atoms with Crippen LogP contribution in [0.2, 0.25) is 0 Å². The van der Waals surface area contributed by atoms with Crippen LogP contribution in [-0.4, -0.2) is 52.1 Å². The van der Waals surface area contributed by atoms with Crippen LogP contribution in [0.4, 0.5) is 5.82 Å². The van der Waals surface area contributed by atoms with Crippen LogP contribution in [0.25, 0.3) is 22.4 Å². The minimum absolute atomic E-state index is 0.174. The van der Waals surface area contributed by atoms with E-state index in [0.717, 1.165) is 16.7 Å². The molecule has 1 fully saturated rings. The molecule has 0 saturated carbocycles. The molecule has 142 valence electrons. The molecule has 0 amide bonds. The first kappa shape index (κ1) is 17.9. The van der Waals surface area contributed by atoms with E-state index in [9.17, 15) is 8.42 Å². The van der Waals surface area contributed by atoms with Gasteiger partial charge in [0.05, 0.1) is 23.7 Å². The van der Waals surface area contributed by atoms with Gasteiger partial charge < -0.3 is 10.3 Å². The Balaban J connectivity index is 1.65. The average Bonchev–Trinajstić information content (AvgIpc) is 3.31. The highest BCUT2D eigenvalue weighted by Crippen LogP contribution is 2.27. The molecule has 0 radical (unpaired) electrons. The number of nitrogens with one attached hydrogen (secondary N) is 3. The fraction of sp³-hybridized carbons (Fsp3) is 0.389. The molecule has 0 aliphatic carbocycles. The van der Waals surface area contributed by atoms with Crippen LogP contribution in [0.1, 0.15) is 19.8 Å². The molecule has 3 aromatic heterocycles. The highest BCUT2D eigenvalue weighted by molar-refractivity contribution is 7.92. The van der Waals surface area contributed by atoms with Gasteiger partial charge in [-0.05, 0) is 37.6 Å². The summed E-state index contributed by atoms with van der Waals surface area (Å²) in [6.07, 6.45) is 6.50. The van der Waals surface area contributed by atoms with Crippen LogP contribution in [0.3, 0.4) is 0 Å². The third kappa shape index (κ3) is 3.52. The first-order valence-electron chi connectivity index (χ1n) is 9.05. The monoisotopic (exact) mass is 386 g/mol. The smallest absolute Gasteiger partial charge is 0.168 e. The summed E-state index contributed by atoms with van der Waals surface area (Å²) >= 11 is 0. The van der Waals surface area contributed by atoms with E-state index >= 15 is 0 Å². The van der Waals surface area contributed by atoms with Gasteiger partial charge in [0.1, 0.15) is 16.7 Å². The van der Waals surface area contributed by atoms with Gasteiger partial charge in [-0.25, -0.2) is 23.4 Å². The van der Waals surface area contributed by atoms with Crippen LogP contribution in [-0.2, 0) is 9.84 Å². The number of rotatable bonds is 6. The second-order valence-electron chi connectivity index (χ2n) is 6.65. The lowest BCUT2D eigenvalue weighted by atomic mass is 10.1. The number of anilines is 1. The normalized spacial score (nSPS) is 20.2. The van der Waals surface area contributed by atoms with Crippen molar-refractivity contribution in [2.24, 2.45) is 0 Å². The van der Waals surface area contributed by atoms with Crippen molar-refractivity contribution < 1.29 is 8.42 Å². The molecule has 0 bridgehead atoms. The maximum Gasteiger partial charge on any atom is 0.168 e. The highest BCUT2D eigenvalue weighted by atomic mass is 32.2. The maximum absolute atomic E-state index is 12.6. The van der Waals surface area contributed by atoms with Crippen molar-refractivity contribution in [2.45, 2.75) is 31.2 Å². The van der Waals surface area contributed by atoms with Gasteiger partial charge in [-0.15, -0.1) is 0 Å². The molecule has 2 atom stereocenters. The minimum atomic E-state index is -3.21. The largest absolute Gasteiger partial charge is 0.364 e. The number of aromatic amines is 1. The Morgan fingerprint density at radius 3 is 3.04 bits per heavy atom. The van der Waals surface area contributed by atoms with Crippen molar-refractivity contribution >= 4 is 26.8 Å². The molecule has 1 saturated heterocycles. The number of pyridine rings is 1.